The van der Waals surface area contributed by atoms with E-state index in [0.29, 0.717) is 17.1 Å². The van der Waals surface area contributed by atoms with Crippen LogP contribution in [0.25, 0.3) is 0 Å². The number of amides is 2. The van der Waals surface area contributed by atoms with Crippen molar-refractivity contribution in [2.45, 2.75) is 45.7 Å². The molecule has 1 rings (SSSR count). The molecule has 0 aliphatic rings. The Bertz CT molecular complexity index is 538. The molecular weight excluding hydrogens is 314 g/mol. The van der Waals surface area contributed by atoms with E-state index in [9.17, 15) is 9.59 Å². The van der Waals surface area contributed by atoms with Crippen LogP contribution in [0.1, 0.15) is 44.5 Å². The van der Waals surface area contributed by atoms with Gasteiger partial charge >= 0.3 is 0 Å². The molecule has 0 bridgehead atoms. The van der Waals surface area contributed by atoms with Gasteiger partial charge in [-0.05, 0) is 44.0 Å². The van der Waals surface area contributed by atoms with E-state index in [0.717, 1.165) is 6.42 Å². The molecular formula is C17H26ClN3O2. The number of carbonyl (C=O) groups excluding carboxylic acids is 2. The predicted molar refractivity (Wildman–Crippen MR) is 93.4 cm³/mol. The number of nitrogens with two attached hydrogens (primary N) is 1. The van der Waals surface area contributed by atoms with E-state index in [1.165, 1.54) is 0 Å². The van der Waals surface area contributed by atoms with Crippen LogP contribution in [0.2, 0.25) is 5.02 Å². The number of halogens is 1. The van der Waals surface area contributed by atoms with Gasteiger partial charge in [-0.1, -0.05) is 31.9 Å². The van der Waals surface area contributed by atoms with Gasteiger partial charge in [-0.2, -0.15) is 0 Å². The Labute approximate surface area is 143 Å². The van der Waals surface area contributed by atoms with Gasteiger partial charge in [0, 0.05) is 22.7 Å². The van der Waals surface area contributed by atoms with E-state index >= 15 is 0 Å². The molecule has 1 aromatic rings. The van der Waals surface area contributed by atoms with Crippen molar-refractivity contribution in [1.29, 1.82) is 0 Å². The number of benzene rings is 1. The lowest BCUT2D eigenvalue weighted by molar-refractivity contribution is -0.124. The summed E-state index contributed by atoms with van der Waals surface area (Å²) in [6, 6.07) is 5.95. The highest BCUT2D eigenvalue weighted by Crippen LogP contribution is 2.12. The molecule has 0 saturated heterocycles. The highest BCUT2D eigenvalue weighted by atomic mass is 35.5. The van der Waals surface area contributed by atoms with Crippen molar-refractivity contribution in [3.05, 3.63) is 34.9 Å². The monoisotopic (exact) mass is 339 g/mol. The highest BCUT2D eigenvalue weighted by Gasteiger charge is 2.27. The Morgan fingerprint density at radius 2 is 1.83 bits per heavy atom. The van der Waals surface area contributed by atoms with Gasteiger partial charge in [-0.15, -0.1) is 0 Å². The Morgan fingerprint density at radius 1 is 1.26 bits per heavy atom. The van der Waals surface area contributed by atoms with Gasteiger partial charge in [0.1, 0.15) is 6.04 Å². The lowest BCUT2D eigenvalue weighted by Gasteiger charge is -2.26. The second-order valence-electron chi connectivity index (χ2n) is 6.55. The molecule has 4 N–H and O–H groups in total. The van der Waals surface area contributed by atoms with Crippen molar-refractivity contribution >= 4 is 23.4 Å². The van der Waals surface area contributed by atoms with Crippen LogP contribution in [0.4, 0.5) is 0 Å². The first kappa shape index (κ1) is 19.5. The van der Waals surface area contributed by atoms with Crippen LogP contribution in [-0.2, 0) is 4.79 Å². The Morgan fingerprint density at radius 3 is 2.30 bits per heavy atom. The number of carbonyl (C=O) groups is 2. The van der Waals surface area contributed by atoms with Gasteiger partial charge < -0.3 is 16.4 Å². The van der Waals surface area contributed by atoms with Crippen molar-refractivity contribution in [2.75, 3.05) is 6.54 Å². The molecule has 2 amide bonds. The first-order valence-electron chi connectivity index (χ1n) is 7.77. The van der Waals surface area contributed by atoms with Crippen LogP contribution >= 0.6 is 11.6 Å². The third-order valence-electron chi connectivity index (χ3n) is 3.61. The van der Waals surface area contributed by atoms with E-state index in [4.69, 9.17) is 17.3 Å². The van der Waals surface area contributed by atoms with Gasteiger partial charge in [0.15, 0.2) is 0 Å². The minimum Gasteiger partial charge on any atom is -0.352 e. The molecule has 0 fully saturated rings. The summed E-state index contributed by atoms with van der Waals surface area (Å²) < 4.78 is 0. The predicted octanol–water partition coefficient (Wildman–Crippen LogP) is 2.34. The van der Waals surface area contributed by atoms with E-state index in [-0.39, 0.29) is 17.7 Å². The summed E-state index contributed by atoms with van der Waals surface area (Å²) in [6.45, 7) is 7.91. The SMILES string of the molecule is CCC(C)C(NC(=O)c1ccc(Cl)cc1)C(=O)NCC(C)(C)N. The average Bonchev–Trinajstić information content (AvgIpc) is 2.49. The van der Waals surface area contributed by atoms with Crippen LogP contribution in [0, 0.1) is 5.92 Å². The Balaban J connectivity index is 2.80. The van der Waals surface area contributed by atoms with Crippen molar-refractivity contribution in [1.82, 2.24) is 10.6 Å². The van der Waals surface area contributed by atoms with Crippen molar-refractivity contribution in [2.24, 2.45) is 11.7 Å². The molecule has 2 atom stereocenters. The zero-order valence-corrected chi connectivity index (χ0v) is 14.9. The molecule has 0 aromatic heterocycles. The first-order valence-corrected chi connectivity index (χ1v) is 8.15. The van der Waals surface area contributed by atoms with Crippen LogP contribution in [-0.4, -0.2) is 29.9 Å². The maximum atomic E-state index is 12.4. The van der Waals surface area contributed by atoms with Crippen LogP contribution in [0.15, 0.2) is 24.3 Å². The van der Waals surface area contributed by atoms with Crippen molar-refractivity contribution in [3.63, 3.8) is 0 Å². The van der Waals surface area contributed by atoms with Gasteiger partial charge in [0.2, 0.25) is 5.91 Å². The third-order valence-corrected chi connectivity index (χ3v) is 3.86. The van der Waals surface area contributed by atoms with Crippen LogP contribution in [0.5, 0.6) is 0 Å². The third kappa shape index (κ3) is 6.59. The standard InChI is InChI=1S/C17H26ClN3O2/c1-5-11(2)14(16(23)20-10-17(3,4)19)21-15(22)12-6-8-13(18)9-7-12/h6-9,11,14H,5,10,19H2,1-4H3,(H,20,23)(H,21,22). The minimum atomic E-state index is -0.606. The summed E-state index contributed by atoms with van der Waals surface area (Å²) in [5.41, 5.74) is 5.85. The minimum absolute atomic E-state index is 0.00661. The lowest BCUT2D eigenvalue weighted by Crippen LogP contribution is -2.54. The molecule has 1 aromatic carbocycles. The van der Waals surface area contributed by atoms with E-state index in [2.05, 4.69) is 10.6 Å². The van der Waals surface area contributed by atoms with Crippen LogP contribution in [0.3, 0.4) is 0 Å². The fourth-order valence-corrected chi connectivity index (χ4v) is 2.08. The molecule has 5 nitrogen and oxygen atoms in total. The van der Waals surface area contributed by atoms with Gasteiger partial charge in [0.25, 0.3) is 5.91 Å². The molecule has 0 spiro atoms. The molecule has 0 aliphatic carbocycles. The molecule has 2 unspecified atom stereocenters. The second-order valence-corrected chi connectivity index (χ2v) is 6.99. The fourth-order valence-electron chi connectivity index (χ4n) is 1.95. The molecule has 128 valence electrons. The second kappa shape index (κ2) is 8.31. The Hall–Kier alpha value is -1.59. The van der Waals surface area contributed by atoms with Crippen LogP contribution < -0.4 is 16.4 Å². The van der Waals surface area contributed by atoms with Gasteiger partial charge in [-0.25, -0.2) is 0 Å². The molecule has 0 heterocycles. The maximum Gasteiger partial charge on any atom is 0.251 e. The number of rotatable bonds is 7. The highest BCUT2D eigenvalue weighted by molar-refractivity contribution is 6.30. The summed E-state index contributed by atoms with van der Waals surface area (Å²) in [6.07, 6.45) is 0.769. The van der Waals surface area contributed by atoms with E-state index < -0.39 is 11.6 Å². The number of hydrogen-bond donors (Lipinski definition) is 3. The quantitative estimate of drug-likeness (QED) is 0.712. The maximum absolute atomic E-state index is 12.4. The molecule has 23 heavy (non-hydrogen) atoms. The number of hydrogen-bond acceptors (Lipinski definition) is 3. The number of nitrogens with one attached hydrogen (secondary N) is 2. The van der Waals surface area contributed by atoms with E-state index in [1.807, 2.05) is 27.7 Å². The smallest absolute Gasteiger partial charge is 0.251 e. The molecule has 0 aliphatic heterocycles. The molecule has 0 saturated carbocycles. The zero-order chi connectivity index (χ0) is 17.6. The summed E-state index contributed by atoms with van der Waals surface area (Å²) in [5.74, 6) is -0.513. The fraction of sp³-hybridized carbons (Fsp3) is 0.529. The summed E-state index contributed by atoms with van der Waals surface area (Å²) >= 11 is 5.82. The molecule has 6 heteroatoms. The molecule has 0 radical (unpaired) electrons. The average molecular weight is 340 g/mol. The van der Waals surface area contributed by atoms with Crippen molar-refractivity contribution in [3.8, 4) is 0 Å². The largest absolute Gasteiger partial charge is 0.352 e. The van der Waals surface area contributed by atoms with Crippen molar-refractivity contribution < 1.29 is 9.59 Å². The summed E-state index contributed by atoms with van der Waals surface area (Å²) in [7, 11) is 0. The normalized spacial score (nSPS) is 14.0. The van der Waals surface area contributed by atoms with Gasteiger partial charge in [0.05, 0.1) is 0 Å². The topological polar surface area (TPSA) is 84.2 Å². The zero-order valence-electron chi connectivity index (χ0n) is 14.2. The summed E-state index contributed by atoms with van der Waals surface area (Å²) in [5, 5.41) is 6.17. The summed E-state index contributed by atoms with van der Waals surface area (Å²) in [4.78, 5) is 24.7. The van der Waals surface area contributed by atoms with Gasteiger partial charge in [-0.3, -0.25) is 9.59 Å². The lowest BCUT2D eigenvalue weighted by atomic mass is 9.97. The Kier molecular flexibility index (Phi) is 7.03. The van der Waals surface area contributed by atoms with E-state index in [1.54, 1.807) is 24.3 Å². The first-order chi connectivity index (χ1) is 10.6.